The molecule has 0 saturated carbocycles. The fourth-order valence-corrected chi connectivity index (χ4v) is 2.14. The molecule has 0 amide bonds. The summed E-state index contributed by atoms with van der Waals surface area (Å²) >= 11 is 0. The quantitative estimate of drug-likeness (QED) is 0.776. The van der Waals surface area contributed by atoms with Gasteiger partial charge in [0.1, 0.15) is 9.84 Å². The predicted molar refractivity (Wildman–Crippen MR) is 68.6 cm³/mol. The molecular weight excluding hydrogens is 222 g/mol. The predicted octanol–water partition coefficient (Wildman–Crippen LogP) is 2.10. The minimum absolute atomic E-state index is 0.244. The number of sulfone groups is 1. The summed E-state index contributed by atoms with van der Waals surface area (Å²) < 4.78 is 21.8. The van der Waals surface area contributed by atoms with Crippen LogP contribution < -0.4 is 5.32 Å². The van der Waals surface area contributed by atoms with Gasteiger partial charge in [-0.3, -0.25) is 0 Å². The molecule has 0 spiro atoms. The molecule has 1 aromatic carbocycles. The highest BCUT2D eigenvalue weighted by molar-refractivity contribution is 7.90. The smallest absolute Gasteiger partial charge is 0.147 e. The lowest BCUT2D eigenvalue weighted by atomic mass is 10.1. The highest BCUT2D eigenvalue weighted by Crippen LogP contribution is 2.10. The Morgan fingerprint density at radius 2 is 2.06 bits per heavy atom. The summed E-state index contributed by atoms with van der Waals surface area (Å²) in [7, 11) is -2.83. The van der Waals surface area contributed by atoms with Crippen LogP contribution in [0.2, 0.25) is 0 Å². The van der Waals surface area contributed by atoms with Crippen LogP contribution in [0, 0.1) is 0 Å². The largest absolute Gasteiger partial charge is 0.385 e. The number of hydrogen-bond acceptors (Lipinski definition) is 3. The molecule has 1 rings (SSSR count). The molecule has 0 aliphatic rings. The van der Waals surface area contributed by atoms with E-state index in [9.17, 15) is 8.42 Å². The molecule has 0 aliphatic heterocycles. The van der Waals surface area contributed by atoms with Crippen LogP contribution in [0.25, 0.3) is 0 Å². The lowest BCUT2D eigenvalue weighted by molar-refractivity contribution is 0.600. The minimum Gasteiger partial charge on any atom is -0.385 e. The average Bonchev–Trinajstić information content (AvgIpc) is 2.23. The maximum Gasteiger partial charge on any atom is 0.147 e. The summed E-state index contributed by atoms with van der Waals surface area (Å²) in [4.78, 5) is 0. The summed E-state index contributed by atoms with van der Waals surface area (Å²) in [5, 5.41) is 3.23. The highest BCUT2D eigenvalue weighted by atomic mass is 32.2. The maximum absolute atomic E-state index is 10.9. The molecular formula is C12H19NO2S. The van der Waals surface area contributed by atoms with Gasteiger partial charge in [-0.1, -0.05) is 19.1 Å². The molecule has 1 N–H and O–H groups in total. The maximum atomic E-state index is 10.9. The van der Waals surface area contributed by atoms with Crippen LogP contribution in [-0.2, 0) is 16.3 Å². The van der Waals surface area contributed by atoms with Crippen molar-refractivity contribution in [2.75, 3.05) is 23.9 Å². The van der Waals surface area contributed by atoms with E-state index in [4.69, 9.17) is 0 Å². The minimum atomic E-state index is -2.83. The number of aryl methyl sites for hydroxylation is 1. The van der Waals surface area contributed by atoms with E-state index in [-0.39, 0.29) is 5.75 Å². The van der Waals surface area contributed by atoms with Crippen LogP contribution in [0.15, 0.2) is 24.3 Å². The van der Waals surface area contributed by atoms with Gasteiger partial charge >= 0.3 is 0 Å². The number of anilines is 1. The van der Waals surface area contributed by atoms with Gasteiger partial charge in [0.25, 0.3) is 0 Å². The SMILES string of the molecule is CCc1cccc(NCCCS(C)(=O)=O)c1. The summed E-state index contributed by atoms with van der Waals surface area (Å²) in [5.74, 6) is 0.244. The Morgan fingerprint density at radius 3 is 2.69 bits per heavy atom. The molecule has 0 aromatic heterocycles. The van der Waals surface area contributed by atoms with Crippen LogP contribution in [0.1, 0.15) is 18.9 Å². The lowest BCUT2D eigenvalue weighted by Crippen LogP contribution is -2.09. The zero-order valence-corrected chi connectivity index (χ0v) is 10.7. The van der Waals surface area contributed by atoms with Crippen molar-refractivity contribution in [3.63, 3.8) is 0 Å². The summed E-state index contributed by atoms with van der Waals surface area (Å²) in [6.45, 7) is 2.81. The van der Waals surface area contributed by atoms with Crippen molar-refractivity contribution in [3.8, 4) is 0 Å². The summed E-state index contributed by atoms with van der Waals surface area (Å²) in [6.07, 6.45) is 2.93. The zero-order valence-electron chi connectivity index (χ0n) is 9.86. The Labute approximate surface area is 97.8 Å². The van der Waals surface area contributed by atoms with Crippen LogP contribution in [0.3, 0.4) is 0 Å². The first-order valence-electron chi connectivity index (χ1n) is 5.52. The van der Waals surface area contributed by atoms with Gasteiger partial charge in [0.15, 0.2) is 0 Å². The zero-order chi connectivity index (χ0) is 12.0. The highest BCUT2D eigenvalue weighted by Gasteiger charge is 2.01. The third-order valence-electron chi connectivity index (χ3n) is 2.36. The molecule has 16 heavy (non-hydrogen) atoms. The van der Waals surface area contributed by atoms with E-state index in [0.29, 0.717) is 13.0 Å². The number of nitrogens with one attached hydrogen (secondary N) is 1. The first-order valence-corrected chi connectivity index (χ1v) is 7.58. The molecule has 0 bridgehead atoms. The first-order chi connectivity index (χ1) is 7.51. The van der Waals surface area contributed by atoms with E-state index < -0.39 is 9.84 Å². The molecule has 0 radical (unpaired) electrons. The fourth-order valence-electron chi connectivity index (χ4n) is 1.47. The van der Waals surface area contributed by atoms with Crippen LogP contribution in [0.5, 0.6) is 0 Å². The monoisotopic (exact) mass is 241 g/mol. The van der Waals surface area contributed by atoms with Crippen molar-refractivity contribution in [1.29, 1.82) is 0 Å². The molecule has 0 saturated heterocycles. The molecule has 0 fully saturated rings. The van der Waals surface area contributed by atoms with Crippen LogP contribution in [0.4, 0.5) is 5.69 Å². The fraction of sp³-hybridized carbons (Fsp3) is 0.500. The normalized spacial score (nSPS) is 11.4. The summed E-state index contributed by atoms with van der Waals surface area (Å²) in [5.41, 5.74) is 2.35. The third kappa shape index (κ3) is 5.16. The number of rotatable bonds is 6. The van der Waals surface area contributed by atoms with Crippen LogP contribution >= 0.6 is 0 Å². The van der Waals surface area contributed by atoms with Gasteiger partial charge < -0.3 is 5.32 Å². The van der Waals surface area contributed by atoms with Gasteiger partial charge in [-0.2, -0.15) is 0 Å². The van der Waals surface area contributed by atoms with Crippen molar-refractivity contribution in [1.82, 2.24) is 0 Å². The van der Waals surface area contributed by atoms with Crippen LogP contribution in [-0.4, -0.2) is 27.0 Å². The van der Waals surface area contributed by atoms with Gasteiger partial charge in [0.2, 0.25) is 0 Å². The van der Waals surface area contributed by atoms with Gasteiger partial charge in [-0.25, -0.2) is 8.42 Å². The summed E-state index contributed by atoms with van der Waals surface area (Å²) in [6, 6.07) is 8.19. The van der Waals surface area contributed by atoms with E-state index in [1.807, 2.05) is 12.1 Å². The van der Waals surface area contributed by atoms with E-state index in [0.717, 1.165) is 12.1 Å². The molecule has 1 aromatic rings. The topological polar surface area (TPSA) is 46.2 Å². The number of hydrogen-bond donors (Lipinski definition) is 1. The molecule has 0 unspecified atom stereocenters. The lowest BCUT2D eigenvalue weighted by Gasteiger charge is -2.07. The Bertz CT molecular complexity index is 426. The Hall–Kier alpha value is -1.03. The number of benzene rings is 1. The molecule has 4 heteroatoms. The van der Waals surface area contributed by atoms with E-state index in [1.165, 1.54) is 11.8 Å². The van der Waals surface area contributed by atoms with Gasteiger partial charge in [-0.15, -0.1) is 0 Å². The second kappa shape index (κ2) is 5.89. The first kappa shape index (κ1) is 13.0. The van der Waals surface area contributed by atoms with Crippen molar-refractivity contribution in [2.24, 2.45) is 0 Å². The van der Waals surface area contributed by atoms with Gasteiger partial charge in [-0.05, 0) is 30.5 Å². The van der Waals surface area contributed by atoms with Crippen molar-refractivity contribution >= 4 is 15.5 Å². The van der Waals surface area contributed by atoms with Crippen molar-refractivity contribution in [3.05, 3.63) is 29.8 Å². The standard InChI is InChI=1S/C12H19NO2S/c1-3-11-6-4-7-12(10-11)13-8-5-9-16(2,14)15/h4,6-7,10,13H,3,5,8-9H2,1-2H3. The van der Waals surface area contributed by atoms with E-state index >= 15 is 0 Å². The van der Waals surface area contributed by atoms with E-state index in [1.54, 1.807) is 0 Å². The third-order valence-corrected chi connectivity index (χ3v) is 3.39. The van der Waals surface area contributed by atoms with Crippen molar-refractivity contribution in [2.45, 2.75) is 19.8 Å². The second-order valence-corrected chi connectivity index (χ2v) is 6.22. The molecule has 0 heterocycles. The molecule has 90 valence electrons. The van der Waals surface area contributed by atoms with Gasteiger partial charge in [0, 0.05) is 18.5 Å². The Balaban J connectivity index is 2.37. The molecule has 0 aliphatic carbocycles. The average molecular weight is 241 g/mol. The Kier molecular flexibility index (Phi) is 4.80. The van der Waals surface area contributed by atoms with Crippen molar-refractivity contribution < 1.29 is 8.42 Å². The van der Waals surface area contributed by atoms with E-state index in [2.05, 4.69) is 24.4 Å². The van der Waals surface area contributed by atoms with Gasteiger partial charge in [0.05, 0.1) is 5.75 Å². The second-order valence-electron chi connectivity index (χ2n) is 3.96. The Morgan fingerprint density at radius 1 is 1.31 bits per heavy atom. The molecule has 0 atom stereocenters. The molecule has 3 nitrogen and oxygen atoms in total.